The van der Waals surface area contributed by atoms with Gasteiger partial charge in [-0.1, -0.05) is 6.42 Å². The molecule has 0 saturated carbocycles. The van der Waals surface area contributed by atoms with Crippen molar-refractivity contribution in [3.63, 3.8) is 0 Å². The number of piperidine rings is 1. The molecule has 21 heavy (non-hydrogen) atoms. The van der Waals surface area contributed by atoms with Crippen molar-refractivity contribution >= 4 is 10.0 Å². The van der Waals surface area contributed by atoms with Crippen LogP contribution < -0.4 is 15.2 Å². The molecule has 0 amide bonds. The van der Waals surface area contributed by atoms with Gasteiger partial charge in [0.05, 0.1) is 4.90 Å². The van der Waals surface area contributed by atoms with Crippen LogP contribution in [0.3, 0.4) is 0 Å². The van der Waals surface area contributed by atoms with Crippen molar-refractivity contribution in [2.45, 2.75) is 43.2 Å². The quantitative estimate of drug-likeness (QED) is 0.910. The van der Waals surface area contributed by atoms with E-state index in [9.17, 15) is 8.42 Å². The monoisotopic (exact) mass is 312 g/mol. The fourth-order valence-electron chi connectivity index (χ4n) is 2.93. The van der Waals surface area contributed by atoms with E-state index >= 15 is 0 Å². The summed E-state index contributed by atoms with van der Waals surface area (Å²) in [6.07, 6.45) is 2.69. The Morgan fingerprint density at radius 1 is 1.29 bits per heavy atom. The van der Waals surface area contributed by atoms with Crippen LogP contribution in [-0.4, -0.2) is 38.1 Å². The lowest BCUT2D eigenvalue weighted by molar-refractivity contribution is 0.174. The summed E-state index contributed by atoms with van der Waals surface area (Å²) in [6, 6.07) is 4.41. The molecule has 1 aromatic carbocycles. The molecule has 0 aliphatic carbocycles. The van der Waals surface area contributed by atoms with Crippen molar-refractivity contribution in [2.24, 2.45) is 5.73 Å². The number of hydrogen-bond acceptors (Lipinski definition) is 5. The van der Waals surface area contributed by atoms with Gasteiger partial charge in [0.1, 0.15) is 0 Å². The summed E-state index contributed by atoms with van der Waals surface area (Å²) in [4.78, 5) is 0.235. The molecule has 2 atom stereocenters. The zero-order valence-corrected chi connectivity index (χ0v) is 12.8. The Bertz CT molecular complexity index is 630. The smallest absolute Gasteiger partial charge is 0.243 e. The Hall–Kier alpha value is -1.31. The van der Waals surface area contributed by atoms with Crippen molar-refractivity contribution < 1.29 is 17.9 Å². The van der Waals surface area contributed by atoms with Gasteiger partial charge in [-0.15, -0.1) is 0 Å². The Balaban J connectivity index is 1.95. The third-order valence-electron chi connectivity index (χ3n) is 4.06. The molecule has 0 radical (unpaired) electrons. The fraction of sp³-hybridized carbons (Fsp3) is 0.571. The van der Waals surface area contributed by atoms with E-state index < -0.39 is 10.0 Å². The van der Waals surface area contributed by atoms with E-state index in [1.165, 1.54) is 6.07 Å². The molecule has 3 rings (SSSR count). The first-order valence-electron chi connectivity index (χ1n) is 7.17. The molecule has 0 unspecified atom stereocenters. The lowest BCUT2D eigenvalue weighted by Gasteiger charge is -2.36. The standard InChI is InChI=1S/C14H20N2O4S/c1-10(15)12-4-2-3-7-16(12)21(17,18)11-5-6-13-14(8-11)20-9-19-13/h5-6,8,10,12H,2-4,7,9,15H2,1H3/t10-,12+/m1/s1. The van der Waals surface area contributed by atoms with Crippen molar-refractivity contribution in [3.8, 4) is 11.5 Å². The minimum Gasteiger partial charge on any atom is -0.454 e. The number of nitrogens with zero attached hydrogens (tertiary/aromatic N) is 1. The highest BCUT2D eigenvalue weighted by molar-refractivity contribution is 7.89. The number of sulfonamides is 1. The van der Waals surface area contributed by atoms with E-state index in [2.05, 4.69) is 0 Å². The number of benzene rings is 1. The lowest BCUT2D eigenvalue weighted by atomic mass is 10.00. The molecule has 2 aliphatic rings. The van der Waals surface area contributed by atoms with Gasteiger partial charge in [-0.05, 0) is 31.9 Å². The van der Waals surface area contributed by atoms with E-state index in [0.29, 0.717) is 18.0 Å². The first kappa shape index (κ1) is 14.6. The van der Waals surface area contributed by atoms with E-state index in [0.717, 1.165) is 19.3 Å². The topological polar surface area (TPSA) is 81.9 Å². The second kappa shape index (κ2) is 5.47. The summed E-state index contributed by atoms with van der Waals surface area (Å²) >= 11 is 0. The summed E-state index contributed by atoms with van der Waals surface area (Å²) in [5, 5.41) is 0. The normalized spacial score (nSPS) is 24.0. The van der Waals surface area contributed by atoms with Gasteiger partial charge in [-0.3, -0.25) is 0 Å². The van der Waals surface area contributed by atoms with Crippen LogP contribution in [0.2, 0.25) is 0 Å². The number of rotatable bonds is 3. The first-order chi connectivity index (χ1) is 10.00. The highest BCUT2D eigenvalue weighted by Crippen LogP contribution is 2.35. The fourth-order valence-corrected chi connectivity index (χ4v) is 4.72. The zero-order valence-electron chi connectivity index (χ0n) is 12.0. The lowest BCUT2D eigenvalue weighted by Crippen LogP contribution is -2.51. The summed E-state index contributed by atoms with van der Waals surface area (Å²) in [5.74, 6) is 1.06. The van der Waals surface area contributed by atoms with Gasteiger partial charge in [0.15, 0.2) is 11.5 Å². The maximum Gasteiger partial charge on any atom is 0.243 e. The Kier molecular flexibility index (Phi) is 3.81. The summed E-state index contributed by atoms with van der Waals surface area (Å²) < 4.78 is 37.8. The van der Waals surface area contributed by atoms with Gasteiger partial charge in [-0.25, -0.2) is 8.42 Å². The van der Waals surface area contributed by atoms with E-state index in [1.807, 2.05) is 6.92 Å². The molecule has 1 aromatic rings. The molecule has 7 heteroatoms. The minimum atomic E-state index is -3.56. The van der Waals surface area contributed by atoms with Crippen molar-refractivity contribution in [3.05, 3.63) is 18.2 Å². The van der Waals surface area contributed by atoms with E-state index in [1.54, 1.807) is 16.4 Å². The Morgan fingerprint density at radius 2 is 2.05 bits per heavy atom. The Morgan fingerprint density at radius 3 is 2.81 bits per heavy atom. The largest absolute Gasteiger partial charge is 0.454 e. The molecule has 1 saturated heterocycles. The molecule has 0 spiro atoms. The van der Waals surface area contributed by atoms with Gasteiger partial charge in [0.25, 0.3) is 0 Å². The van der Waals surface area contributed by atoms with Crippen molar-refractivity contribution in [1.29, 1.82) is 0 Å². The highest BCUT2D eigenvalue weighted by Gasteiger charge is 2.35. The predicted molar refractivity (Wildman–Crippen MR) is 77.7 cm³/mol. The molecule has 6 nitrogen and oxygen atoms in total. The molecule has 1 fully saturated rings. The average molecular weight is 312 g/mol. The number of nitrogens with two attached hydrogens (primary N) is 1. The van der Waals surface area contributed by atoms with Crippen molar-refractivity contribution in [1.82, 2.24) is 4.31 Å². The van der Waals surface area contributed by atoms with Gasteiger partial charge < -0.3 is 15.2 Å². The second-order valence-corrected chi connectivity index (χ2v) is 7.44. The molecule has 0 aromatic heterocycles. The number of hydrogen-bond donors (Lipinski definition) is 1. The maximum absolute atomic E-state index is 12.9. The molecule has 0 bridgehead atoms. The molecule has 2 heterocycles. The van der Waals surface area contributed by atoms with Gasteiger partial charge in [0.2, 0.25) is 16.8 Å². The van der Waals surface area contributed by atoms with Crippen LogP contribution in [0.4, 0.5) is 0 Å². The Labute approximate surface area is 124 Å². The van der Waals surface area contributed by atoms with Gasteiger partial charge in [0, 0.05) is 24.7 Å². The SMILES string of the molecule is C[C@@H](N)[C@@H]1CCCCN1S(=O)(=O)c1ccc2c(c1)OCO2. The van der Waals surface area contributed by atoms with Crippen LogP contribution in [0.5, 0.6) is 11.5 Å². The maximum atomic E-state index is 12.9. The third kappa shape index (κ3) is 2.61. The second-order valence-electron chi connectivity index (χ2n) is 5.55. The summed E-state index contributed by atoms with van der Waals surface area (Å²) in [6.45, 7) is 2.51. The van der Waals surface area contributed by atoms with E-state index in [-0.39, 0.29) is 23.8 Å². The van der Waals surface area contributed by atoms with E-state index in [4.69, 9.17) is 15.2 Å². The zero-order chi connectivity index (χ0) is 15.0. The highest BCUT2D eigenvalue weighted by atomic mass is 32.2. The first-order valence-corrected chi connectivity index (χ1v) is 8.61. The number of ether oxygens (including phenoxy) is 2. The van der Waals surface area contributed by atoms with Crippen LogP contribution in [0.25, 0.3) is 0 Å². The molecule has 2 N–H and O–H groups in total. The van der Waals surface area contributed by atoms with Gasteiger partial charge in [-0.2, -0.15) is 4.31 Å². The molecular weight excluding hydrogens is 292 g/mol. The molecule has 2 aliphatic heterocycles. The molecule has 116 valence electrons. The van der Waals surface area contributed by atoms with Crippen LogP contribution in [0, 0.1) is 0 Å². The van der Waals surface area contributed by atoms with Crippen LogP contribution in [-0.2, 0) is 10.0 Å². The van der Waals surface area contributed by atoms with Crippen LogP contribution >= 0.6 is 0 Å². The predicted octanol–water partition coefficient (Wildman–Crippen LogP) is 1.31. The van der Waals surface area contributed by atoms with Crippen LogP contribution in [0.15, 0.2) is 23.1 Å². The summed E-state index contributed by atoms with van der Waals surface area (Å²) in [5.41, 5.74) is 5.97. The van der Waals surface area contributed by atoms with Crippen molar-refractivity contribution in [2.75, 3.05) is 13.3 Å². The van der Waals surface area contributed by atoms with Gasteiger partial charge >= 0.3 is 0 Å². The third-order valence-corrected chi connectivity index (χ3v) is 5.98. The average Bonchev–Trinajstić information content (AvgIpc) is 2.94. The molecular formula is C14H20N2O4S. The van der Waals surface area contributed by atoms with Crippen LogP contribution in [0.1, 0.15) is 26.2 Å². The minimum absolute atomic E-state index is 0.130. The number of fused-ring (bicyclic) bond motifs is 1. The summed E-state index contributed by atoms with van der Waals surface area (Å²) in [7, 11) is -3.56.